The van der Waals surface area contributed by atoms with Crippen LogP contribution < -0.4 is 0 Å². The first-order chi connectivity index (χ1) is 13.6. The lowest BCUT2D eigenvalue weighted by Gasteiger charge is -2.27. The molecule has 2 aliphatic carbocycles. The van der Waals surface area contributed by atoms with Crippen molar-refractivity contribution in [1.82, 2.24) is 0 Å². The number of rotatable bonds is 4. The van der Waals surface area contributed by atoms with Gasteiger partial charge in [0.15, 0.2) is 5.78 Å². The Balaban J connectivity index is 1.75. The van der Waals surface area contributed by atoms with Crippen molar-refractivity contribution in [2.24, 2.45) is 22.1 Å². The van der Waals surface area contributed by atoms with Crippen molar-refractivity contribution in [3.8, 4) is 0 Å². The monoisotopic (exact) mass is 376 g/mol. The van der Waals surface area contributed by atoms with Crippen LogP contribution in [-0.4, -0.2) is 11.8 Å². The number of allylic oxidation sites excluding steroid dienone is 3. The molecular formula is C21H24N6O. The van der Waals surface area contributed by atoms with Crippen molar-refractivity contribution in [3.05, 3.63) is 67.9 Å². The molecule has 0 aliphatic heterocycles. The Kier molecular flexibility index (Phi) is 6.53. The number of Topliss-reactive ketones (excluding diaryl/α,β-unsaturated/α-hetero) is 1. The molecule has 2 aliphatic rings. The molecule has 28 heavy (non-hydrogen) atoms. The van der Waals surface area contributed by atoms with Gasteiger partial charge in [0.1, 0.15) is 0 Å². The predicted molar refractivity (Wildman–Crippen MR) is 110 cm³/mol. The Hall–Kier alpha value is -3.01. The minimum Gasteiger partial charge on any atom is -0.289 e. The standard InChI is InChI=1S/C21H24N6O/c1-14-10-17(12-15-2-6-19(7-3-15)24-26-22)21(28)18(11-14)13-16-4-8-20(9-5-16)25-27-23/h2-3,6-7,12-14,16,20H,4-5,8-11H2,1H3/b17-12?,18-13+. The number of carbonyl (C=O) groups excluding carboxylic acids is 1. The zero-order valence-electron chi connectivity index (χ0n) is 16.0. The molecule has 3 rings (SSSR count). The molecule has 7 nitrogen and oxygen atoms in total. The van der Waals surface area contributed by atoms with Gasteiger partial charge in [0.2, 0.25) is 0 Å². The fourth-order valence-corrected chi connectivity index (χ4v) is 4.11. The van der Waals surface area contributed by atoms with E-state index in [1.165, 1.54) is 0 Å². The van der Waals surface area contributed by atoms with E-state index in [2.05, 4.69) is 33.1 Å². The number of ketones is 1. The number of azide groups is 2. The number of nitrogens with zero attached hydrogens (tertiary/aromatic N) is 6. The van der Waals surface area contributed by atoms with Gasteiger partial charge >= 0.3 is 0 Å². The molecule has 0 amide bonds. The summed E-state index contributed by atoms with van der Waals surface area (Å²) in [6, 6.07) is 7.33. The molecular weight excluding hydrogens is 352 g/mol. The fraction of sp³-hybridized carbons (Fsp3) is 0.476. The predicted octanol–water partition coefficient (Wildman–Crippen LogP) is 6.81. The van der Waals surface area contributed by atoms with Gasteiger partial charge < -0.3 is 0 Å². The van der Waals surface area contributed by atoms with Crippen LogP contribution in [0.2, 0.25) is 0 Å². The van der Waals surface area contributed by atoms with Gasteiger partial charge in [0, 0.05) is 27.1 Å². The van der Waals surface area contributed by atoms with Crippen LogP contribution in [0.25, 0.3) is 27.0 Å². The van der Waals surface area contributed by atoms with E-state index in [0.717, 1.165) is 55.2 Å². The average Bonchev–Trinajstić information content (AvgIpc) is 2.69. The van der Waals surface area contributed by atoms with E-state index in [4.69, 9.17) is 11.1 Å². The Bertz CT molecular complexity index is 880. The van der Waals surface area contributed by atoms with E-state index in [1.54, 1.807) is 12.1 Å². The maximum atomic E-state index is 13.0. The van der Waals surface area contributed by atoms with Gasteiger partial charge in [0.05, 0.1) is 0 Å². The summed E-state index contributed by atoms with van der Waals surface area (Å²) in [4.78, 5) is 18.7. The molecule has 1 aromatic carbocycles. The molecule has 0 radical (unpaired) electrons. The van der Waals surface area contributed by atoms with Gasteiger partial charge in [-0.3, -0.25) is 4.79 Å². The fourth-order valence-electron chi connectivity index (χ4n) is 4.11. The molecule has 7 heteroatoms. The van der Waals surface area contributed by atoms with Crippen molar-refractivity contribution in [1.29, 1.82) is 0 Å². The van der Waals surface area contributed by atoms with E-state index in [9.17, 15) is 4.79 Å². The highest BCUT2D eigenvalue weighted by molar-refractivity contribution is 6.11. The topological polar surface area (TPSA) is 115 Å². The first-order valence-electron chi connectivity index (χ1n) is 9.74. The van der Waals surface area contributed by atoms with E-state index in [-0.39, 0.29) is 11.8 Å². The van der Waals surface area contributed by atoms with Crippen molar-refractivity contribution < 1.29 is 4.79 Å². The molecule has 2 fully saturated rings. The third-order valence-corrected chi connectivity index (χ3v) is 5.51. The highest BCUT2D eigenvalue weighted by Crippen LogP contribution is 2.34. The summed E-state index contributed by atoms with van der Waals surface area (Å²) < 4.78 is 0. The van der Waals surface area contributed by atoms with Crippen molar-refractivity contribution in [2.75, 3.05) is 0 Å². The molecule has 1 atom stereocenters. The lowest BCUT2D eigenvalue weighted by molar-refractivity contribution is -0.113. The molecule has 0 saturated heterocycles. The van der Waals surface area contributed by atoms with Gasteiger partial charge in [-0.1, -0.05) is 47.5 Å². The number of benzene rings is 1. The van der Waals surface area contributed by atoms with E-state index < -0.39 is 0 Å². The first kappa shape index (κ1) is 19.7. The quantitative estimate of drug-likeness (QED) is 0.244. The smallest absolute Gasteiger partial charge is 0.184 e. The second-order valence-corrected chi connectivity index (χ2v) is 7.76. The minimum atomic E-state index is 0.101. The zero-order chi connectivity index (χ0) is 19.9. The Morgan fingerprint density at radius 1 is 1.00 bits per heavy atom. The summed E-state index contributed by atoms with van der Waals surface area (Å²) in [5, 5.41) is 7.40. The highest BCUT2D eigenvalue weighted by Gasteiger charge is 2.27. The maximum Gasteiger partial charge on any atom is 0.184 e. The van der Waals surface area contributed by atoms with Crippen LogP contribution in [0.1, 0.15) is 51.0 Å². The molecule has 2 saturated carbocycles. The van der Waals surface area contributed by atoms with E-state index in [1.807, 2.05) is 18.2 Å². The summed E-state index contributed by atoms with van der Waals surface area (Å²) in [5.41, 5.74) is 20.3. The van der Waals surface area contributed by atoms with Gasteiger partial charge in [-0.15, -0.1) is 0 Å². The number of hydrogen-bond acceptors (Lipinski definition) is 3. The normalized spacial score (nSPS) is 27.9. The average molecular weight is 376 g/mol. The molecule has 0 N–H and O–H groups in total. The summed E-state index contributed by atoms with van der Waals surface area (Å²) in [6.07, 6.45) is 9.43. The van der Waals surface area contributed by atoms with Gasteiger partial charge in [-0.2, -0.15) is 0 Å². The largest absolute Gasteiger partial charge is 0.289 e. The number of hydrogen-bond donors (Lipinski definition) is 0. The summed E-state index contributed by atoms with van der Waals surface area (Å²) in [7, 11) is 0. The Morgan fingerprint density at radius 3 is 2.32 bits per heavy atom. The van der Waals surface area contributed by atoms with E-state index >= 15 is 0 Å². The SMILES string of the molecule is CC1CC(=Cc2ccc(N=[N+]=[N-])cc2)C(=O)/C(=C/C2CCC(N=[N+]=[N-])CC2)C1. The van der Waals surface area contributed by atoms with Gasteiger partial charge in [-0.25, -0.2) is 0 Å². The molecule has 1 aromatic rings. The summed E-state index contributed by atoms with van der Waals surface area (Å²) in [6.45, 7) is 2.18. The van der Waals surface area contributed by atoms with Gasteiger partial charge in [-0.05, 0) is 78.6 Å². The second kappa shape index (κ2) is 9.27. The lowest BCUT2D eigenvalue weighted by atomic mass is 9.78. The molecule has 0 spiro atoms. The second-order valence-electron chi connectivity index (χ2n) is 7.76. The van der Waals surface area contributed by atoms with E-state index in [0.29, 0.717) is 17.5 Å². The van der Waals surface area contributed by atoms with Crippen LogP contribution in [0.5, 0.6) is 0 Å². The van der Waals surface area contributed by atoms with Crippen LogP contribution in [0.15, 0.2) is 51.7 Å². The van der Waals surface area contributed by atoms with Crippen molar-refractivity contribution in [2.45, 2.75) is 51.5 Å². The summed E-state index contributed by atoms with van der Waals surface area (Å²) in [5.74, 6) is 0.963. The molecule has 1 unspecified atom stereocenters. The Morgan fingerprint density at radius 2 is 1.68 bits per heavy atom. The van der Waals surface area contributed by atoms with Crippen LogP contribution >= 0.6 is 0 Å². The molecule has 0 aromatic heterocycles. The van der Waals surface area contributed by atoms with Crippen molar-refractivity contribution >= 4 is 17.5 Å². The molecule has 144 valence electrons. The van der Waals surface area contributed by atoms with Crippen molar-refractivity contribution in [3.63, 3.8) is 0 Å². The highest BCUT2D eigenvalue weighted by atomic mass is 16.1. The van der Waals surface area contributed by atoms with Crippen LogP contribution in [-0.2, 0) is 4.79 Å². The third-order valence-electron chi connectivity index (χ3n) is 5.51. The lowest BCUT2D eigenvalue weighted by Crippen LogP contribution is -2.21. The Labute approximate surface area is 164 Å². The third kappa shape index (κ3) is 5.03. The maximum absolute atomic E-state index is 13.0. The zero-order valence-corrected chi connectivity index (χ0v) is 16.0. The molecule has 0 heterocycles. The minimum absolute atomic E-state index is 0.101. The summed E-state index contributed by atoms with van der Waals surface area (Å²) >= 11 is 0. The first-order valence-corrected chi connectivity index (χ1v) is 9.74. The number of carbonyl (C=O) groups is 1. The van der Waals surface area contributed by atoms with Crippen LogP contribution in [0.4, 0.5) is 5.69 Å². The van der Waals surface area contributed by atoms with Gasteiger partial charge in [0.25, 0.3) is 0 Å². The van der Waals surface area contributed by atoms with Crippen LogP contribution in [0.3, 0.4) is 0 Å². The molecule has 0 bridgehead atoms. The van der Waals surface area contributed by atoms with Crippen LogP contribution in [0, 0.1) is 11.8 Å².